The second-order valence-electron chi connectivity index (χ2n) is 9.64. The van der Waals surface area contributed by atoms with Crippen LogP contribution < -0.4 is 5.32 Å². The molecule has 2 aromatic carbocycles. The van der Waals surface area contributed by atoms with Crippen LogP contribution in [0.4, 0.5) is 4.79 Å². The molecule has 0 bridgehead atoms. The molecule has 0 aliphatic heterocycles. The number of benzene rings is 2. The average molecular weight is 448 g/mol. The highest BCUT2D eigenvalue weighted by Crippen LogP contribution is 2.44. The molecule has 7 heteroatoms. The third kappa shape index (κ3) is 4.47. The molecule has 0 radical (unpaired) electrons. The fourth-order valence-electron chi connectivity index (χ4n) is 5.03. The van der Waals surface area contributed by atoms with Crippen LogP contribution in [0.25, 0.3) is 16.7 Å². The van der Waals surface area contributed by atoms with Gasteiger partial charge in [-0.1, -0.05) is 48.5 Å². The van der Waals surface area contributed by atoms with Crippen molar-refractivity contribution in [2.75, 3.05) is 6.61 Å². The fraction of sp³-hybridized carbons (Fsp3) is 0.423. The third-order valence-electron chi connectivity index (χ3n) is 6.37. The number of nitrogens with zero attached hydrogens (tertiary/aromatic N) is 2. The first-order valence-corrected chi connectivity index (χ1v) is 11.3. The molecule has 1 fully saturated rings. The Morgan fingerprint density at radius 1 is 1.12 bits per heavy atom. The molecule has 172 valence electrons. The van der Waals surface area contributed by atoms with Gasteiger partial charge in [-0.25, -0.2) is 4.79 Å². The van der Waals surface area contributed by atoms with Crippen LogP contribution in [0.2, 0.25) is 0 Å². The zero-order valence-electron chi connectivity index (χ0n) is 19.2. The molecule has 1 saturated carbocycles. The monoisotopic (exact) mass is 447 g/mol. The van der Waals surface area contributed by atoms with Gasteiger partial charge in [-0.3, -0.25) is 4.79 Å². The Hall–Kier alpha value is -3.28. The van der Waals surface area contributed by atoms with Crippen molar-refractivity contribution >= 4 is 18.1 Å². The third-order valence-corrected chi connectivity index (χ3v) is 6.37. The lowest BCUT2D eigenvalue weighted by Gasteiger charge is -2.36. The quantitative estimate of drug-likeness (QED) is 0.400. The van der Waals surface area contributed by atoms with E-state index in [1.165, 1.54) is 0 Å². The van der Waals surface area contributed by atoms with Crippen LogP contribution in [0.3, 0.4) is 0 Å². The molecule has 2 aliphatic carbocycles. The Morgan fingerprint density at radius 3 is 2.30 bits per heavy atom. The summed E-state index contributed by atoms with van der Waals surface area (Å²) in [6, 6.07) is 16.2. The first-order chi connectivity index (χ1) is 15.7. The van der Waals surface area contributed by atoms with Crippen LogP contribution in [0.1, 0.15) is 57.1 Å². The predicted molar refractivity (Wildman–Crippen MR) is 124 cm³/mol. The highest BCUT2D eigenvalue weighted by Gasteiger charge is 2.53. The van der Waals surface area contributed by atoms with Crippen molar-refractivity contribution in [3.05, 3.63) is 65.2 Å². The summed E-state index contributed by atoms with van der Waals surface area (Å²) in [6.45, 7) is 5.83. The largest absolute Gasteiger partial charge is 0.449 e. The summed E-state index contributed by atoms with van der Waals surface area (Å²) in [5.41, 5.74) is 11.6. The highest BCUT2D eigenvalue weighted by molar-refractivity contribution is 6.30. The summed E-state index contributed by atoms with van der Waals surface area (Å²) in [4.78, 5) is 28.8. The van der Waals surface area contributed by atoms with E-state index in [1.807, 2.05) is 57.2 Å². The van der Waals surface area contributed by atoms with Gasteiger partial charge < -0.3 is 20.3 Å². The maximum Gasteiger partial charge on any atom is 0.408 e. The topological polar surface area (TPSA) is 101 Å². The SMILES string of the molecule is CC(C)(C)OC1CCCC1(NC(=O)OCC1c2ccccc2-c2ccccc21)C(=O)C=[N+]=[N-]. The van der Waals surface area contributed by atoms with E-state index in [1.54, 1.807) is 0 Å². The van der Waals surface area contributed by atoms with Crippen molar-refractivity contribution in [3.8, 4) is 11.1 Å². The molecule has 0 spiro atoms. The molecule has 4 rings (SSSR count). The van der Waals surface area contributed by atoms with E-state index >= 15 is 0 Å². The standard InChI is InChI=1S/C26H29N3O4/c1-25(2,3)33-23-13-8-14-26(23,22(30)15-28-27)29-24(31)32-16-21-19-11-6-4-9-17(19)18-10-5-7-12-20(18)21/h4-7,9-12,15,21,23H,8,13-14,16H2,1-3H3,(H,29,31). The molecule has 1 amide bonds. The number of rotatable bonds is 6. The van der Waals surface area contributed by atoms with Gasteiger partial charge in [0, 0.05) is 5.92 Å². The van der Waals surface area contributed by atoms with Crippen molar-refractivity contribution < 1.29 is 23.9 Å². The van der Waals surface area contributed by atoms with Crippen molar-refractivity contribution in [3.63, 3.8) is 0 Å². The van der Waals surface area contributed by atoms with E-state index in [0.29, 0.717) is 19.3 Å². The summed E-state index contributed by atoms with van der Waals surface area (Å²) in [6.07, 6.45) is 1.25. The minimum Gasteiger partial charge on any atom is -0.449 e. The van der Waals surface area contributed by atoms with Crippen molar-refractivity contribution in [1.82, 2.24) is 5.32 Å². The molecule has 2 atom stereocenters. The molecule has 33 heavy (non-hydrogen) atoms. The Bertz CT molecular complexity index is 1070. The molecule has 7 nitrogen and oxygen atoms in total. The predicted octanol–water partition coefficient (Wildman–Crippen LogP) is 4.50. The van der Waals surface area contributed by atoms with Crippen LogP contribution in [-0.2, 0) is 14.3 Å². The Morgan fingerprint density at radius 2 is 1.73 bits per heavy atom. The lowest BCUT2D eigenvalue weighted by molar-refractivity contribution is -0.134. The van der Waals surface area contributed by atoms with Gasteiger partial charge in [-0.15, -0.1) is 0 Å². The first-order valence-electron chi connectivity index (χ1n) is 11.3. The molecular weight excluding hydrogens is 418 g/mol. The highest BCUT2D eigenvalue weighted by atomic mass is 16.6. The number of hydrogen-bond acceptors (Lipinski definition) is 4. The molecule has 0 heterocycles. The van der Waals surface area contributed by atoms with Crippen LogP contribution in [0, 0.1) is 0 Å². The van der Waals surface area contributed by atoms with Gasteiger partial charge >= 0.3 is 12.3 Å². The fourth-order valence-corrected chi connectivity index (χ4v) is 5.03. The first kappa shape index (κ1) is 22.9. The number of ether oxygens (including phenoxy) is 2. The van der Waals surface area contributed by atoms with E-state index in [2.05, 4.69) is 22.2 Å². The second-order valence-corrected chi connectivity index (χ2v) is 9.64. The normalized spacial score (nSPS) is 21.6. The number of nitrogens with one attached hydrogen (secondary N) is 1. The molecule has 2 aromatic rings. The summed E-state index contributed by atoms with van der Waals surface area (Å²) >= 11 is 0. The van der Waals surface area contributed by atoms with Gasteiger partial charge in [0.2, 0.25) is 0 Å². The van der Waals surface area contributed by atoms with Gasteiger partial charge in [-0.2, -0.15) is 4.79 Å². The lowest BCUT2D eigenvalue weighted by Crippen LogP contribution is -2.61. The molecule has 0 aromatic heterocycles. The van der Waals surface area contributed by atoms with Crippen LogP contribution in [-0.4, -0.2) is 46.7 Å². The zero-order chi connectivity index (χ0) is 23.6. The number of Topliss-reactive ketones (excluding diaryl/α,β-unsaturated/α-hetero) is 1. The number of fused-ring (bicyclic) bond motifs is 3. The maximum absolute atomic E-state index is 13.0. The minimum absolute atomic E-state index is 0.0843. The van der Waals surface area contributed by atoms with Crippen molar-refractivity contribution in [2.45, 2.75) is 63.2 Å². The van der Waals surface area contributed by atoms with E-state index in [0.717, 1.165) is 28.5 Å². The number of hydrogen-bond donors (Lipinski definition) is 1. The Labute approximate surface area is 193 Å². The van der Waals surface area contributed by atoms with Gasteiger partial charge in [0.25, 0.3) is 5.78 Å². The smallest absolute Gasteiger partial charge is 0.408 e. The Kier molecular flexibility index (Phi) is 6.19. The molecule has 1 N–H and O–H groups in total. The number of alkyl carbamates (subject to hydrolysis) is 1. The minimum atomic E-state index is -1.33. The summed E-state index contributed by atoms with van der Waals surface area (Å²) in [5.74, 6) is -0.593. The van der Waals surface area contributed by atoms with E-state index in [-0.39, 0.29) is 12.5 Å². The van der Waals surface area contributed by atoms with E-state index in [4.69, 9.17) is 15.0 Å². The summed E-state index contributed by atoms with van der Waals surface area (Å²) in [5, 5.41) is 2.78. The van der Waals surface area contributed by atoms with Crippen LogP contribution in [0.5, 0.6) is 0 Å². The number of carbonyl (C=O) groups is 2. The van der Waals surface area contributed by atoms with Gasteiger partial charge in [0.15, 0.2) is 0 Å². The molecule has 2 aliphatic rings. The van der Waals surface area contributed by atoms with Gasteiger partial charge in [0.05, 0.1) is 11.7 Å². The number of carbonyl (C=O) groups excluding carboxylic acids is 2. The van der Waals surface area contributed by atoms with E-state index < -0.39 is 29.1 Å². The van der Waals surface area contributed by atoms with Crippen LogP contribution >= 0.6 is 0 Å². The summed E-state index contributed by atoms with van der Waals surface area (Å²) < 4.78 is 11.8. The summed E-state index contributed by atoms with van der Waals surface area (Å²) in [7, 11) is 0. The second kappa shape index (κ2) is 8.93. The molecule has 2 unspecified atom stereocenters. The number of ketones is 1. The zero-order valence-corrected chi connectivity index (χ0v) is 19.2. The molecule has 0 saturated heterocycles. The average Bonchev–Trinajstić information content (AvgIpc) is 3.31. The van der Waals surface area contributed by atoms with E-state index in [9.17, 15) is 9.59 Å². The van der Waals surface area contributed by atoms with Crippen molar-refractivity contribution in [2.24, 2.45) is 0 Å². The van der Waals surface area contributed by atoms with Gasteiger partial charge in [0.1, 0.15) is 12.1 Å². The van der Waals surface area contributed by atoms with Crippen molar-refractivity contribution in [1.29, 1.82) is 0 Å². The number of amides is 1. The maximum atomic E-state index is 13.0. The van der Waals surface area contributed by atoms with Crippen LogP contribution in [0.15, 0.2) is 48.5 Å². The lowest BCUT2D eigenvalue weighted by atomic mass is 9.89. The Balaban J connectivity index is 1.53. The molecular formula is C26H29N3O4. The van der Waals surface area contributed by atoms with Gasteiger partial charge in [-0.05, 0) is 62.3 Å².